The fourth-order valence-corrected chi connectivity index (χ4v) is 4.30. The minimum absolute atomic E-state index is 0.00319. The topological polar surface area (TPSA) is 95.5 Å². The minimum atomic E-state index is -3.90. The molecule has 1 aliphatic rings. The molecule has 0 spiro atoms. The highest BCUT2D eigenvalue weighted by Crippen LogP contribution is 2.23. The van der Waals surface area contributed by atoms with Gasteiger partial charge in [0.05, 0.1) is 16.7 Å². The van der Waals surface area contributed by atoms with Crippen LogP contribution in [0.1, 0.15) is 41.6 Å². The fourth-order valence-electron chi connectivity index (χ4n) is 3.18. The molecular formula is C20H23FN2O4S. The van der Waals surface area contributed by atoms with Crippen LogP contribution in [0.25, 0.3) is 0 Å². The van der Waals surface area contributed by atoms with Crippen LogP contribution >= 0.6 is 0 Å². The van der Waals surface area contributed by atoms with Crippen molar-refractivity contribution in [2.45, 2.75) is 49.6 Å². The molecule has 0 aromatic heterocycles. The first-order chi connectivity index (χ1) is 13.2. The fraction of sp³-hybridized carbons (Fsp3) is 0.350. The first-order valence-electron chi connectivity index (χ1n) is 9.12. The van der Waals surface area contributed by atoms with Crippen molar-refractivity contribution < 1.29 is 22.7 Å². The SMILES string of the molecule is Cc1ccc(C(=O)NC2CCC(O)CC2)cc1NS(=O)(=O)c1ccc(F)cc1. The molecule has 0 saturated heterocycles. The van der Waals surface area contributed by atoms with E-state index in [-0.39, 0.29) is 28.6 Å². The standard InChI is InChI=1S/C20H23FN2O4S/c1-13-2-3-14(20(25)22-16-6-8-17(24)9-7-16)12-19(13)23-28(26,27)18-10-4-15(21)5-11-18/h2-5,10-12,16-17,23-24H,6-9H2,1H3,(H,22,25). The maximum Gasteiger partial charge on any atom is 0.261 e. The summed E-state index contributed by atoms with van der Waals surface area (Å²) in [6.45, 7) is 1.73. The Hall–Kier alpha value is -2.45. The lowest BCUT2D eigenvalue weighted by atomic mass is 9.93. The lowest BCUT2D eigenvalue weighted by Crippen LogP contribution is -2.38. The second-order valence-corrected chi connectivity index (χ2v) is 8.75. The third-order valence-electron chi connectivity index (χ3n) is 4.90. The third kappa shape index (κ3) is 4.88. The molecule has 0 aliphatic heterocycles. The Balaban J connectivity index is 1.75. The van der Waals surface area contributed by atoms with E-state index in [4.69, 9.17) is 0 Å². The third-order valence-corrected chi connectivity index (χ3v) is 6.28. The number of anilines is 1. The molecule has 3 N–H and O–H groups in total. The summed E-state index contributed by atoms with van der Waals surface area (Å²) in [5.74, 6) is -0.812. The van der Waals surface area contributed by atoms with E-state index in [1.807, 2.05) is 0 Å². The van der Waals surface area contributed by atoms with Crippen LogP contribution in [0.5, 0.6) is 0 Å². The second-order valence-electron chi connectivity index (χ2n) is 7.07. The van der Waals surface area contributed by atoms with Gasteiger partial charge in [0.15, 0.2) is 0 Å². The zero-order valence-corrected chi connectivity index (χ0v) is 16.3. The number of sulfonamides is 1. The van der Waals surface area contributed by atoms with E-state index in [0.717, 1.165) is 12.1 Å². The van der Waals surface area contributed by atoms with Crippen LogP contribution in [0, 0.1) is 12.7 Å². The molecule has 0 bridgehead atoms. The smallest absolute Gasteiger partial charge is 0.261 e. The van der Waals surface area contributed by atoms with Gasteiger partial charge < -0.3 is 10.4 Å². The van der Waals surface area contributed by atoms with Gasteiger partial charge in [0.1, 0.15) is 5.82 Å². The normalized spacial score (nSPS) is 19.8. The molecule has 1 aliphatic carbocycles. The summed E-state index contributed by atoms with van der Waals surface area (Å²) < 4.78 is 40.6. The molecule has 2 aromatic carbocycles. The van der Waals surface area contributed by atoms with Gasteiger partial charge in [-0.3, -0.25) is 9.52 Å². The van der Waals surface area contributed by atoms with Crippen LogP contribution in [-0.4, -0.2) is 31.6 Å². The van der Waals surface area contributed by atoms with Crippen molar-refractivity contribution in [1.82, 2.24) is 5.32 Å². The monoisotopic (exact) mass is 406 g/mol. The Labute approximate surface area is 163 Å². The van der Waals surface area contributed by atoms with E-state index >= 15 is 0 Å². The number of carbonyl (C=O) groups is 1. The van der Waals surface area contributed by atoms with Crippen molar-refractivity contribution in [1.29, 1.82) is 0 Å². The van der Waals surface area contributed by atoms with Gasteiger partial charge in [-0.05, 0) is 74.6 Å². The number of aliphatic hydroxyl groups is 1. The summed E-state index contributed by atoms with van der Waals surface area (Å²) in [6, 6.07) is 9.31. The largest absolute Gasteiger partial charge is 0.393 e. The number of rotatable bonds is 5. The number of hydrogen-bond acceptors (Lipinski definition) is 4. The lowest BCUT2D eigenvalue weighted by molar-refractivity contribution is 0.0867. The number of nitrogens with one attached hydrogen (secondary N) is 2. The molecule has 6 nitrogen and oxygen atoms in total. The maximum absolute atomic E-state index is 13.0. The summed E-state index contributed by atoms with van der Waals surface area (Å²) in [5, 5.41) is 12.5. The second kappa shape index (κ2) is 8.28. The number of hydrogen-bond donors (Lipinski definition) is 3. The summed E-state index contributed by atoms with van der Waals surface area (Å²) in [4.78, 5) is 12.5. The zero-order valence-electron chi connectivity index (χ0n) is 15.5. The first kappa shape index (κ1) is 20.3. The van der Waals surface area contributed by atoms with E-state index in [2.05, 4.69) is 10.0 Å². The van der Waals surface area contributed by atoms with Gasteiger partial charge >= 0.3 is 0 Å². The molecule has 1 saturated carbocycles. The van der Waals surface area contributed by atoms with Gasteiger partial charge in [0.25, 0.3) is 15.9 Å². The Morgan fingerprint density at radius 3 is 2.36 bits per heavy atom. The molecule has 3 rings (SSSR count). The highest BCUT2D eigenvalue weighted by Gasteiger charge is 2.22. The Bertz CT molecular complexity index is 953. The summed E-state index contributed by atoms with van der Waals surface area (Å²) in [6.07, 6.45) is 2.43. The molecular weight excluding hydrogens is 383 g/mol. The van der Waals surface area contributed by atoms with Crippen molar-refractivity contribution in [2.24, 2.45) is 0 Å². The average Bonchev–Trinajstić information content (AvgIpc) is 2.65. The van der Waals surface area contributed by atoms with E-state index in [1.165, 1.54) is 18.2 Å². The molecule has 2 aromatic rings. The quantitative estimate of drug-likeness (QED) is 0.711. The van der Waals surface area contributed by atoms with Gasteiger partial charge in [-0.1, -0.05) is 6.07 Å². The number of aryl methyl sites for hydroxylation is 1. The Morgan fingerprint density at radius 2 is 1.71 bits per heavy atom. The number of benzene rings is 2. The predicted molar refractivity (Wildman–Crippen MR) is 104 cm³/mol. The molecule has 0 heterocycles. The molecule has 1 amide bonds. The zero-order chi connectivity index (χ0) is 20.3. The van der Waals surface area contributed by atoms with Crippen LogP contribution in [0.4, 0.5) is 10.1 Å². The van der Waals surface area contributed by atoms with E-state index in [1.54, 1.807) is 19.1 Å². The number of carbonyl (C=O) groups excluding carboxylic acids is 1. The summed E-state index contributed by atoms with van der Waals surface area (Å²) in [7, 11) is -3.90. The van der Waals surface area contributed by atoms with Crippen LogP contribution in [-0.2, 0) is 10.0 Å². The van der Waals surface area contributed by atoms with Gasteiger partial charge in [-0.2, -0.15) is 0 Å². The number of amides is 1. The van der Waals surface area contributed by atoms with Crippen molar-refractivity contribution in [3.05, 3.63) is 59.4 Å². The molecule has 0 unspecified atom stereocenters. The highest BCUT2D eigenvalue weighted by atomic mass is 32.2. The Morgan fingerprint density at radius 1 is 1.07 bits per heavy atom. The molecule has 150 valence electrons. The summed E-state index contributed by atoms with van der Waals surface area (Å²) >= 11 is 0. The molecule has 8 heteroatoms. The minimum Gasteiger partial charge on any atom is -0.393 e. The lowest BCUT2D eigenvalue weighted by Gasteiger charge is -2.26. The average molecular weight is 406 g/mol. The first-order valence-corrected chi connectivity index (χ1v) is 10.6. The molecule has 0 radical (unpaired) electrons. The summed E-state index contributed by atoms with van der Waals surface area (Å²) in [5.41, 5.74) is 1.28. The van der Waals surface area contributed by atoms with Crippen molar-refractivity contribution in [3.63, 3.8) is 0 Å². The molecule has 28 heavy (non-hydrogen) atoms. The van der Waals surface area contributed by atoms with Gasteiger partial charge in [0, 0.05) is 11.6 Å². The maximum atomic E-state index is 13.0. The predicted octanol–water partition coefficient (Wildman–Crippen LogP) is 2.97. The Kier molecular flexibility index (Phi) is 6.00. The van der Waals surface area contributed by atoms with Crippen LogP contribution < -0.4 is 10.0 Å². The van der Waals surface area contributed by atoms with Crippen LogP contribution in [0.3, 0.4) is 0 Å². The van der Waals surface area contributed by atoms with Gasteiger partial charge in [0.2, 0.25) is 0 Å². The van der Waals surface area contributed by atoms with Crippen LogP contribution in [0.2, 0.25) is 0 Å². The van der Waals surface area contributed by atoms with E-state index < -0.39 is 15.8 Å². The van der Waals surface area contributed by atoms with Crippen molar-refractivity contribution in [2.75, 3.05) is 4.72 Å². The highest BCUT2D eigenvalue weighted by molar-refractivity contribution is 7.92. The van der Waals surface area contributed by atoms with Gasteiger partial charge in [-0.15, -0.1) is 0 Å². The van der Waals surface area contributed by atoms with Gasteiger partial charge in [-0.25, -0.2) is 12.8 Å². The number of halogens is 1. The van der Waals surface area contributed by atoms with E-state index in [0.29, 0.717) is 36.8 Å². The van der Waals surface area contributed by atoms with Crippen LogP contribution in [0.15, 0.2) is 47.4 Å². The van der Waals surface area contributed by atoms with Crippen molar-refractivity contribution >= 4 is 21.6 Å². The van der Waals surface area contributed by atoms with E-state index in [9.17, 15) is 22.7 Å². The number of aliphatic hydroxyl groups excluding tert-OH is 1. The van der Waals surface area contributed by atoms with Crippen molar-refractivity contribution in [3.8, 4) is 0 Å². The molecule has 1 fully saturated rings. The molecule has 0 atom stereocenters.